The van der Waals surface area contributed by atoms with Gasteiger partial charge in [-0.2, -0.15) is 0 Å². The third kappa shape index (κ3) is 2.90. The van der Waals surface area contributed by atoms with Gasteiger partial charge in [0, 0.05) is 17.9 Å². The number of sulfone groups is 1. The van der Waals surface area contributed by atoms with Crippen LogP contribution in [-0.4, -0.2) is 31.9 Å². The van der Waals surface area contributed by atoms with Gasteiger partial charge in [-0.15, -0.1) is 0 Å². The Labute approximate surface area is 125 Å². The minimum Gasteiger partial charge on any atom is -0.385 e. The van der Waals surface area contributed by atoms with E-state index in [4.69, 9.17) is 0 Å². The lowest BCUT2D eigenvalue weighted by molar-refractivity contribution is -0.116. The van der Waals surface area contributed by atoms with Gasteiger partial charge in [0.2, 0.25) is 5.91 Å². The number of benzene rings is 1. The SMILES string of the molecule is O=C(Nc1cccc2c1CCCN2)C1CCCCS1(=O)=O. The number of anilines is 2. The zero-order valence-corrected chi connectivity index (χ0v) is 12.7. The number of carbonyl (C=O) groups is 1. The van der Waals surface area contributed by atoms with Crippen LogP contribution in [0.5, 0.6) is 0 Å². The molecule has 1 fully saturated rings. The van der Waals surface area contributed by atoms with E-state index in [0.29, 0.717) is 12.8 Å². The minimum absolute atomic E-state index is 0.125. The molecule has 2 heterocycles. The van der Waals surface area contributed by atoms with Gasteiger partial charge in [-0.1, -0.05) is 12.5 Å². The van der Waals surface area contributed by atoms with E-state index in [1.165, 1.54) is 0 Å². The second-order valence-electron chi connectivity index (χ2n) is 5.70. The first-order valence-electron chi connectivity index (χ1n) is 7.46. The average molecular weight is 308 g/mol. The molecule has 21 heavy (non-hydrogen) atoms. The number of hydrogen-bond donors (Lipinski definition) is 2. The molecule has 1 atom stereocenters. The molecule has 2 aliphatic rings. The third-order valence-electron chi connectivity index (χ3n) is 4.22. The van der Waals surface area contributed by atoms with Crippen LogP contribution in [0.2, 0.25) is 0 Å². The van der Waals surface area contributed by atoms with Crippen LogP contribution in [0, 0.1) is 0 Å². The highest BCUT2D eigenvalue weighted by Gasteiger charge is 2.35. The highest BCUT2D eigenvalue weighted by Crippen LogP contribution is 2.30. The lowest BCUT2D eigenvalue weighted by atomic mass is 10.0. The summed E-state index contributed by atoms with van der Waals surface area (Å²) < 4.78 is 24.1. The smallest absolute Gasteiger partial charge is 0.242 e. The van der Waals surface area contributed by atoms with E-state index >= 15 is 0 Å². The fourth-order valence-corrected chi connectivity index (χ4v) is 4.89. The summed E-state index contributed by atoms with van der Waals surface area (Å²) in [4.78, 5) is 12.4. The van der Waals surface area contributed by atoms with Crippen molar-refractivity contribution in [2.24, 2.45) is 0 Å². The van der Waals surface area contributed by atoms with Crippen LogP contribution in [0.25, 0.3) is 0 Å². The van der Waals surface area contributed by atoms with Crippen molar-refractivity contribution in [2.75, 3.05) is 22.9 Å². The van der Waals surface area contributed by atoms with Crippen molar-refractivity contribution in [3.63, 3.8) is 0 Å². The molecule has 0 radical (unpaired) electrons. The first-order chi connectivity index (χ1) is 10.1. The normalized spacial score (nSPS) is 23.7. The molecule has 5 nitrogen and oxygen atoms in total. The van der Waals surface area contributed by atoms with Gasteiger partial charge >= 0.3 is 0 Å². The monoisotopic (exact) mass is 308 g/mol. The summed E-state index contributed by atoms with van der Waals surface area (Å²) in [5.41, 5.74) is 2.85. The van der Waals surface area contributed by atoms with Crippen molar-refractivity contribution in [1.82, 2.24) is 0 Å². The van der Waals surface area contributed by atoms with Gasteiger partial charge in [-0.25, -0.2) is 8.42 Å². The Hall–Kier alpha value is -1.56. The summed E-state index contributed by atoms with van der Waals surface area (Å²) in [6.45, 7) is 0.932. The molecule has 2 N–H and O–H groups in total. The number of rotatable bonds is 2. The van der Waals surface area contributed by atoms with E-state index < -0.39 is 15.1 Å². The number of amides is 1. The Balaban J connectivity index is 1.82. The van der Waals surface area contributed by atoms with Gasteiger partial charge in [0.1, 0.15) is 5.25 Å². The predicted molar refractivity (Wildman–Crippen MR) is 83.3 cm³/mol. The van der Waals surface area contributed by atoms with Gasteiger partial charge in [-0.3, -0.25) is 4.79 Å². The number of carbonyl (C=O) groups excluding carboxylic acids is 1. The summed E-state index contributed by atoms with van der Waals surface area (Å²) in [7, 11) is -3.29. The summed E-state index contributed by atoms with van der Waals surface area (Å²) >= 11 is 0. The fourth-order valence-electron chi connectivity index (χ4n) is 3.09. The highest BCUT2D eigenvalue weighted by atomic mass is 32.2. The summed E-state index contributed by atoms with van der Waals surface area (Å²) in [5, 5.41) is 5.25. The van der Waals surface area contributed by atoms with Crippen molar-refractivity contribution >= 4 is 27.1 Å². The summed E-state index contributed by atoms with van der Waals surface area (Å²) in [6.07, 6.45) is 3.81. The van der Waals surface area contributed by atoms with Crippen molar-refractivity contribution in [3.8, 4) is 0 Å². The predicted octanol–water partition coefficient (Wildman–Crippen LogP) is 1.95. The molecule has 1 unspecified atom stereocenters. The first-order valence-corrected chi connectivity index (χ1v) is 9.18. The van der Waals surface area contributed by atoms with Crippen molar-refractivity contribution < 1.29 is 13.2 Å². The van der Waals surface area contributed by atoms with Crippen molar-refractivity contribution in [1.29, 1.82) is 0 Å². The Morgan fingerprint density at radius 3 is 2.90 bits per heavy atom. The van der Waals surface area contributed by atoms with Gasteiger partial charge < -0.3 is 10.6 Å². The van der Waals surface area contributed by atoms with Crippen LogP contribution in [-0.2, 0) is 21.1 Å². The molecule has 1 saturated heterocycles. The molecule has 1 aromatic rings. The maximum Gasteiger partial charge on any atom is 0.242 e. The van der Waals surface area contributed by atoms with Crippen LogP contribution in [0.3, 0.4) is 0 Å². The molecule has 1 aromatic carbocycles. The van der Waals surface area contributed by atoms with Crippen LogP contribution >= 0.6 is 0 Å². The molecule has 0 saturated carbocycles. The Morgan fingerprint density at radius 2 is 2.10 bits per heavy atom. The zero-order chi connectivity index (χ0) is 14.9. The van der Waals surface area contributed by atoms with Crippen LogP contribution in [0.4, 0.5) is 11.4 Å². The number of hydrogen-bond acceptors (Lipinski definition) is 4. The molecule has 0 aromatic heterocycles. The zero-order valence-electron chi connectivity index (χ0n) is 11.9. The lowest BCUT2D eigenvalue weighted by Gasteiger charge is -2.24. The summed E-state index contributed by atoms with van der Waals surface area (Å²) in [6, 6.07) is 5.71. The standard InChI is InChI=1S/C15H20N2O3S/c18-15(14-8-1-2-10-21(14,19)20)17-13-7-3-6-12-11(13)5-4-9-16-12/h3,6-7,14,16H,1-2,4-5,8-10H2,(H,17,18). The van der Waals surface area contributed by atoms with Crippen LogP contribution in [0.15, 0.2) is 18.2 Å². The molecular weight excluding hydrogens is 288 g/mol. The van der Waals surface area contributed by atoms with E-state index in [-0.39, 0.29) is 11.7 Å². The quantitative estimate of drug-likeness (QED) is 0.875. The third-order valence-corrected chi connectivity index (χ3v) is 6.40. The Morgan fingerprint density at radius 1 is 1.24 bits per heavy atom. The molecule has 0 bridgehead atoms. The Bertz CT molecular complexity index is 655. The first kappa shape index (κ1) is 14.4. The van der Waals surface area contributed by atoms with Gasteiger partial charge in [0.15, 0.2) is 9.84 Å². The largest absolute Gasteiger partial charge is 0.385 e. The van der Waals surface area contributed by atoms with E-state index in [0.717, 1.165) is 42.7 Å². The van der Waals surface area contributed by atoms with E-state index in [1.807, 2.05) is 18.2 Å². The van der Waals surface area contributed by atoms with Crippen LogP contribution in [0.1, 0.15) is 31.2 Å². The minimum atomic E-state index is -3.29. The van der Waals surface area contributed by atoms with Crippen LogP contribution < -0.4 is 10.6 Å². The second kappa shape index (κ2) is 5.67. The van der Waals surface area contributed by atoms with E-state index in [1.54, 1.807) is 0 Å². The molecular formula is C15H20N2O3S. The topological polar surface area (TPSA) is 75.3 Å². The molecule has 3 rings (SSSR count). The van der Waals surface area contributed by atoms with Gasteiger partial charge in [0.25, 0.3) is 0 Å². The average Bonchev–Trinajstić information content (AvgIpc) is 2.47. The Kier molecular flexibility index (Phi) is 3.89. The number of fused-ring (bicyclic) bond motifs is 1. The second-order valence-corrected chi connectivity index (χ2v) is 8.01. The van der Waals surface area contributed by atoms with Crippen molar-refractivity contribution in [2.45, 2.75) is 37.4 Å². The highest BCUT2D eigenvalue weighted by molar-refractivity contribution is 7.92. The van der Waals surface area contributed by atoms with Crippen molar-refractivity contribution in [3.05, 3.63) is 23.8 Å². The molecule has 0 spiro atoms. The fraction of sp³-hybridized carbons (Fsp3) is 0.533. The molecule has 2 aliphatic heterocycles. The van der Waals surface area contributed by atoms with E-state index in [2.05, 4.69) is 10.6 Å². The van der Waals surface area contributed by atoms with Gasteiger partial charge in [0.05, 0.1) is 5.75 Å². The molecule has 1 amide bonds. The van der Waals surface area contributed by atoms with Gasteiger partial charge in [-0.05, 0) is 43.4 Å². The molecule has 114 valence electrons. The maximum atomic E-state index is 12.4. The summed E-state index contributed by atoms with van der Waals surface area (Å²) in [5.74, 6) is -0.256. The number of nitrogens with one attached hydrogen (secondary N) is 2. The maximum absolute atomic E-state index is 12.4. The molecule has 0 aliphatic carbocycles. The molecule has 6 heteroatoms. The lowest BCUT2D eigenvalue weighted by Crippen LogP contribution is -2.39. The van der Waals surface area contributed by atoms with E-state index in [9.17, 15) is 13.2 Å².